The molecule has 0 bridgehead atoms. The predicted molar refractivity (Wildman–Crippen MR) is 71.6 cm³/mol. The first-order valence-corrected chi connectivity index (χ1v) is 5.87. The molecule has 0 saturated heterocycles. The van der Waals surface area contributed by atoms with Gasteiger partial charge in [-0.15, -0.1) is 0 Å². The molecule has 0 aliphatic carbocycles. The quantitative estimate of drug-likeness (QED) is 0.751. The molecule has 0 unspecified atom stereocenters. The molecule has 0 radical (unpaired) electrons. The average molecular weight is 260 g/mol. The maximum absolute atomic E-state index is 11.9. The Balaban J connectivity index is 1.94. The third-order valence-corrected chi connectivity index (χ3v) is 2.70. The van der Waals surface area contributed by atoms with E-state index in [1.807, 2.05) is 0 Å². The normalized spacial score (nSPS) is 12.1. The molecule has 2 aromatic rings. The van der Waals surface area contributed by atoms with Crippen LogP contribution in [0.3, 0.4) is 0 Å². The Kier molecular flexibility index (Phi) is 3.82. The summed E-state index contributed by atoms with van der Waals surface area (Å²) in [6.45, 7) is 0. The minimum Gasteiger partial charge on any atom is -0.508 e. The molecule has 0 aliphatic rings. The minimum absolute atomic E-state index is 0.192. The van der Waals surface area contributed by atoms with Gasteiger partial charge in [0.05, 0.1) is 17.9 Å². The number of phenols is 1. The lowest BCUT2D eigenvalue weighted by Gasteiger charge is -2.11. The standard InChI is InChI=1S/C13H16N4O2/c1-17-8-10(7-15-17)16-13(19)12(14)6-9-2-4-11(18)5-3-9/h2-5,7-8,12,18H,6,14H2,1H3,(H,16,19)/t12-/m0/s1. The fourth-order valence-electron chi connectivity index (χ4n) is 1.70. The summed E-state index contributed by atoms with van der Waals surface area (Å²) in [5.74, 6) is -0.0711. The molecule has 100 valence electrons. The number of hydrogen-bond acceptors (Lipinski definition) is 4. The van der Waals surface area contributed by atoms with Gasteiger partial charge in [-0.05, 0) is 24.1 Å². The molecule has 19 heavy (non-hydrogen) atoms. The van der Waals surface area contributed by atoms with Gasteiger partial charge in [0.25, 0.3) is 0 Å². The molecule has 0 spiro atoms. The van der Waals surface area contributed by atoms with Gasteiger partial charge in [0.15, 0.2) is 0 Å². The van der Waals surface area contributed by atoms with E-state index >= 15 is 0 Å². The summed E-state index contributed by atoms with van der Waals surface area (Å²) in [6, 6.07) is 5.98. The molecule has 4 N–H and O–H groups in total. The molecule has 2 rings (SSSR count). The van der Waals surface area contributed by atoms with Gasteiger partial charge in [-0.25, -0.2) is 0 Å². The highest BCUT2D eigenvalue weighted by Gasteiger charge is 2.14. The molecular formula is C13H16N4O2. The van der Waals surface area contributed by atoms with Gasteiger partial charge in [-0.1, -0.05) is 12.1 Å². The first-order chi connectivity index (χ1) is 9.04. The number of hydrogen-bond donors (Lipinski definition) is 3. The first-order valence-electron chi connectivity index (χ1n) is 5.87. The van der Waals surface area contributed by atoms with Crippen LogP contribution in [0, 0.1) is 0 Å². The summed E-state index contributed by atoms with van der Waals surface area (Å²) in [7, 11) is 1.77. The van der Waals surface area contributed by atoms with Crippen LogP contribution >= 0.6 is 0 Å². The van der Waals surface area contributed by atoms with Crippen molar-refractivity contribution >= 4 is 11.6 Å². The number of aromatic nitrogens is 2. The fraction of sp³-hybridized carbons (Fsp3) is 0.231. The summed E-state index contributed by atoms with van der Waals surface area (Å²) in [5.41, 5.74) is 7.35. The molecule has 0 aliphatic heterocycles. The highest BCUT2D eigenvalue weighted by molar-refractivity contribution is 5.94. The number of nitrogens with zero attached hydrogens (tertiary/aromatic N) is 2. The maximum Gasteiger partial charge on any atom is 0.241 e. The molecule has 1 amide bonds. The highest BCUT2D eigenvalue weighted by atomic mass is 16.3. The second-order valence-corrected chi connectivity index (χ2v) is 4.37. The van der Waals surface area contributed by atoms with E-state index in [4.69, 9.17) is 5.73 Å². The van der Waals surface area contributed by atoms with Crippen LogP contribution in [0.4, 0.5) is 5.69 Å². The fourth-order valence-corrected chi connectivity index (χ4v) is 1.70. The number of phenolic OH excluding ortho intramolecular Hbond substituents is 1. The number of benzene rings is 1. The largest absolute Gasteiger partial charge is 0.508 e. The Labute approximate surface area is 110 Å². The third-order valence-electron chi connectivity index (χ3n) is 2.70. The Morgan fingerprint density at radius 3 is 2.74 bits per heavy atom. The number of carbonyl (C=O) groups is 1. The van der Waals surface area contributed by atoms with E-state index in [0.717, 1.165) is 5.56 Å². The number of aryl methyl sites for hydroxylation is 1. The van der Waals surface area contributed by atoms with Crippen LogP contribution in [0.1, 0.15) is 5.56 Å². The number of carbonyl (C=O) groups excluding carboxylic acids is 1. The molecule has 6 heteroatoms. The van der Waals surface area contributed by atoms with E-state index in [-0.39, 0.29) is 11.7 Å². The van der Waals surface area contributed by atoms with Crippen LogP contribution in [0.15, 0.2) is 36.7 Å². The van der Waals surface area contributed by atoms with Gasteiger partial charge in [0.1, 0.15) is 5.75 Å². The minimum atomic E-state index is -0.648. The number of anilines is 1. The van der Waals surface area contributed by atoms with Crippen molar-refractivity contribution in [2.75, 3.05) is 5.32 Å². The summed E-state index contributed by atoms with van der Waals surface area (Å²) >= 11 is 0. The third kappa shape index (κ3) is 3.56. The van der Waals surface area contributed by atoms with Gasteiger partial charge < -0.3 is 16.2 Å². The second kappa shape index (κ2) is 5.53. The molecule has 0 saturated carbocycles. The highest BCUT2D eigenvalue weighted by Crippen LogP contribution is 2.11. The van der Waals surface area contributed by atoms with Crippen molar-refractivity contribution in [2.24, 2.45) is 12.8 Å². The molecule has 1 aromatic heterocycles. The van der Waals surface area contributed by atoms with Crippen molar-refractivity contribution in [3.05, 3.63) is 42.2 Å². The number of nitrogens with one attached hydrogen (secondary N) is 1. The van der Waals surface area contributed by atoms with Crippen molar-refractivity contribution in [1.29, 1.82) is 0 Å². The van der Waals surface area contributed by atoms with Crippen LogP contribution in [0.2, 0.25) is 0 Å². The van der Waals surface area contributed by atoms with E-state index in [1.165, 1.54) is 0 Å². The Morgan fingerprint density at radius 2 is 2.16 bits per heavy atom. The summed E-state index contributed by atoms with van der Waals surface area (Å²) < 4.78 is 1.60. The lowest BCUT2D eigenvalue weighted by atomic mass is 10.1. The number of aromatic hydroxyl groups is 1. The van der Waals surface area contributed by atoms with Gasteiger partial charge in [0.2, 0.25) is 5.91 Å². The molecule has 1 atom stereocenters. The van der Waals surface area contributed by atoms with Crippen LogP contribution in [-0.4, -0.2) is 26.8 Å². The van der Waals surface area contributed by atoms with Crippen LogP contribution in [-0.2, 0) is 18.3 Å². The summed E-state index contributed by atoms with van der Waals surface area (Å²) in [6.07, 6.45) is 3.67. The molecule has 0 fully saturated rings. The summed E-state index contributed by atoms with van der Waals surface area (Å²) in [4.78, 5) is 11.9. The van der Waals surface area contributed by atoms with Crippen molar-refractivity contribution in [3.63, 3.8) is 0 Å². The van der Waals surface area contributed by atoms with Gasteiger partial charge in [-0.2, -0.15) is 5.10 Å². The predicted octanol–water partition coefficient (Wildman–Crippen LogP) is 0.634. The zero-order chi connectivity index (χ0) is 13.8. The molecule has 1 aromatic carbocycles. The van der Waals surface area contributed by atoms with Crippen LogP contribution in [0.5, 0.6) is 5.75 Å². The van der Waals surface area contributed by atoms with Crippen molar-refractivity contribution in [2.45, 2.75) is 12.5 Å². The zero-order valence-corrected chi connectivity index (χ0v) is 10.6. The van der Waals surface area contributed by atoms with E-state index in [9.17, 15) is 9.90 Å². The average Bonchev–Trinajstić information content (AvgIpc) is 2.77. The topological polar surface area (TPSA) is 93.2 Å². The first kappa shape index (κ1) is 13.1. The Morgan fingerprint density at radius 1 is 1.47 bits per heavy atom. The SMILES string of the molecule is Cn1cc(NC(=O)[C@@H](N)Cc2ccc(O)cc2)cn1. The van der Waals surface area contributed by atoms with Crippen molar-refractivity contribution in [1.82, 2.24) is 9.78 Å². The monoisotopic (exact) mass is 260 g/mol. The van der Waals surface area contributed by atoms with Gasteiger partial charge in [-0.3, -0.25) is 9.48 Å². The second-order valence-electron chi connectivity index (χ2n) is 4.37. The number of amides is 1. The summed E-state index contributed by atoms with van der Waals surface area (Å²) in [5, 5.41) is 15.8. The number of rotatable bonds is 4. The Hall–Kier alpha value is -2.34. The smallest absolute Gasteiger partial charge is 0.241 e. The maximum atomic E-state index is 11.9. The molecule has 1 heterocycles. The lowest BCUT2D eigenvalue weighted by molar-refractivity contribution is -0.117. The molecule has 6 nitrogen and oxygen atoms in total. The number of nitrogens with two attached hydrogens (primary N) is 1. The van der Waals surface area contributed by atoms with E-state index in [0.29, 0.717) is 12.1 Å². The van der Waals surface area contributed by atoms with Crippen LogP contribution in [0.25, 0.3) is 0 Å². The van der Waals surface area contributed by atoms with Gasteiger partial charge >= 0.3 is 0 Å². The van der Waals surface area contributed by atoms with Gasteiger partial charge in [0, 0.05) is 13.2 Å². The zero-order valence-electron chi connectivity index (χ0n) is 10.6. The van der Waals surface area contributed by atoms with E-state index < -0.39 is 6.04 Å². The van der Waals surface area contributed by atoms with Crippen molar-refractivity contribution in [3.8, 4) is 5.75 Å². The van der Waals surface area contributed by atoms with Crippen molar-refractivity contribution < 1.29 is 9.90 Å². The molecular weight excluding hydrogens is 244 g/mol. The Bertz CT molecular complexity index is 562. The van der Waals surface area contributed by atoms with E-state index in [2.05, 4.69) is 10.4 Å². The lowest BCUT2D eigenvalue weighted by Crippen LogP contribution is -2.37. The van der Waals surface area contributed by atoms with E-state index in [1.54, 1.807) is 48.4 Å². The van der Waals surface area contributed by atoms with Crippen LogP contribution < -0.4 is 11.1 Å².